The lowest BCUT2D eigenvalue weighted by Gasteiger charge is -2.04. The van der Waals surface area contributed by atoms with E-state index in [4.69, 9.17) is 0 Å². The van der Waals surface area contributed by atoms with Gasteiger partial charge in [0.2, 0.25) is 0 Å². The normalized spacial score (nSPS) is 10.6. The van der Waals surface area contributed by atoms with Gasteiger partial charge in [0.15, 0.2) is 0 Å². The van der Waals surface area contributed by atoms with Crippen molar-refractivity contribution in [1.29, 1.82) is 0 Å². The first-order valence-electron chi connectivity index (χ1n) is 5.17. The van der Waals surface area contributed by atoms with E-state index in [0.717, 1.165) is 4.68 Å². The Morgan fingerprint density at radius 3 is 2.94 bits per heavy atom. The standard InChI is InChI=1S/C11H11N3O3/c1-7(15)4-6-14-11(17)9-8(10(16)13-14)3-2-5-12-9/h2-3,5H,4,6H2,1H3,(H,13,16). The van der Waals surface area contributed by atoms with E-state index in [-0.39, 0.29) is 40.8 Å². The van der Waals surface area contributed by atoms with Gasteiger partial charge >= 0.3 is 0 Å². The summed E-state index contributed by atoms with van der Waals surface area (Å²) in [5, 5.41) is 2.69. The van der Waals surface area contributed by atoms with Crippen molar-refractivity contribution >= 4 is 16.7 Å². The van der Waals surface area contributed by atoms with Gasteiger partial charge in [0.25, 0.3) is 11.1 Å². The lowest BCUT2D eigenvalue weighted by molar-refractivity contribution is -0.117. The average Bonchev–Trinajstić information content (AvgIpc) is 2.32. The zero-order valence-electron chi connectivity index (χ0n) is 9.27. The van der Waals surface area contributed by atoms with Crippen LogP contribution in [0, 0.1) is 0 Å². The molecule has 0 fully saturated rings. The Kier molecular flexibility index (Phi) is 2.86. The summed E-state index contributed by atoms with van der Waals surface area (Å²) in [6, 6.07) is 3.13. The van der Waals surface area contributed by atoms with E-state index in [2.05, 4.69) is 10.1 Å². The van der Waals surface area contributed by atoms with Crippen molar-refractivity contribution in [2.75, 3.05) is 0 Å². The van der Waals surface area contributed by atoms with Crippen LogP contribution in [0.3, 0.4) is 0 Å². The second-order valence-electron chi connectivity index (χ2n) is 3.75. The summed E-state index contributed by atoms with van der Waals surface area (Å²) in [6.07, 6.45) is 1.66. The molecule has 0 aliphatic carbocycles. The highest BCUT2D eigenvalue weighted by atomic mass is 16.2. The molecule has 88 valence electrons. The molecule has 2 heterocycles. The minimum Gasteiger partial charge on any atom is -0.300 e. The minimum absolute atomic E-state index is 0.0427. The van der Waals surface area contributed by atoms with Crippen LogP contribution in [0.2, 0.25) is 0 Å². The number of hydrogen-bond donors (Lipinski definition) is 1. The van der Waals surface area contributed by atoms with Crippen LogP contribution in [-0.4, -0.2) is 20.5 Å². The second kappa shape index (κ2) is 4.32. The molecule has 0 spiro atoms. The molecule has 0 bridgehead atoms. The van der Waals surface area contributed by atoms with Crippen LogP contribution in [-0.2, 0) is 11.3 Å². The lowest BCUT2D eigenvalue weighted by atomic mass is 10.3. The molecule has 0 saturated carbocycles. The van der Waals surface area contributed by atoms with Crippen molar-refractivity contribution in [3.05, 3.63) is 39.0 Å². The van der Waals surface area contributed by atoms with E-state index < -0.39 is 0 Å². The highest BCUT2D eigenvalue weighted by Crippen LogP contribution is 1.98. The third-order valence-electron chi connectivity index (χ3n) is 2.42. The number of nitrogens with zero attached hydrogens (tertiary/aromatic N) is 2. The van der Waals surface area contributed by atoms with Gasteiger partial charge in [-0.2, -0.15) is 0 Å². The van der Waals surface area contributed by atoms with E-state index in [1.165, 1.54) is 19.2 Å². The van der Waals surface area contributed by atoms with Crippen molar-refractivity contribution in [3.63, 3.8) is 0 Å². The first-order chi connectivity index (χ1) is 8.09. The molecule has 6 nitrogen and oxygen atoms in total. The van der Waals surface area contributed by atoms with Gasteiger partial charge < -0.3 is 0 Å². The third-order valence-corrected chi connectivity index (χ3v) is 2.42. The van der Waals surface area contributed by atoms with Crippen LogP contribution in [0.25, 0.3) is 10.9 Å². The maximum absolute atomic E-state index is 11.9. The highest BCUT2D eigenvalue weighted by Gasteiger charge is 2.07. The summed E-state index contributed by atoms with van der Waals surface area (Å²) in [4.78, 5) is 38.3. The topological polar surface area (TPSA) is 84.8 Å². The quantitative estimate of drug-likeness (QED) is 0.812. The van der Waals surface area contributed by atoms with Gasteiger partial charge in [-0.15, -0.1) is 0 Å². The van der Waals surface area contributed by atoms with Gasteiger partial charge in [0.1, 0.15) is 11.3 Å². The molecule has 0 saturated heterocycles. The number of carbonyl (C=O) groups is 1. The number of pyridine rings is 1. The second-order valence-corrected chi connectivity index (χ2v) is 3.75. The molecule has 0 aliphatic rings. The van der Waals surface area contributed by atoms with Crippen LogP contribution in [0.1, 0.15) is 13.3 Å². The number of aromatic nitrogens is 3. The van der Waals surface area contributed by atoms with E-state index in [1.807, 2.05) is 0 Å². The number of hydrogen-bond acceptors (Lipinski definition) is 4. The molecule has 0 amide bonds. The average molecular weight is 233 g/mol. The largest absolute Gasteiger partial charge is 0.300 e. The van der Waals surface area contributed by atoms with Gasteiger partial charge in [0.05, 0.1) is 5.39 Å². The van der Waals surface area contributed by atoms with Crippen LogP contribution < -0.4 is 11.1 Å². The van der Waals surface area contributed by atoms with E-state index in [0.29, 0.717) is 0 Å². The summed E-state index contributed by atoms with van der Waals surface area (Å²) < 4.78 is 1.12. The van der Waals surface area contributed by atoms with Crippen molar-refractivity contribution < 1.29 is 4.79 Å². The molecular weight excluding hydrogens is 222 g/mol. The number of H-pyrrole nitrogens is 1. The Bertz CT molecular complexity index is 684. The minimum atomic E-state index is -0.388. The summed E-state index contributed by atoms with van der Waals surface area (Å²) in [6.45, 7) is 1.60. The Balaban J connectivity index is 2.59. The number of ketones is 1. The van der Waals surface area contributed by atoms with Gasteiger partial charge in [-0.1, -0.05) is 0 Å². The number of aryl methyl sites for hydroxylation is 1. The first kappa shape index (κ1) is 11.3. The van der Waals surface area contributed by atoms with Crippen LogP contribution in [0.5, 0.6) is 0 Å². The fourth-order valence-corrected chi connectivity index (χ4v) is 1.55. The molecule has 0 radical (unpaired) electrons. The number of carbonyl (C=O) groups excluding carboxylic acids is 1. The van der Waals surface area contributed by atoms with Crippen LogP contribution in [0.4, 0.5) is 0 Å². The molecule has 0 aliphatic heterocycles. The van der Waals surface area contributed by atoms with Gasteiger partial charge in [-0.3, -0.25) is 24.5 Å². The SMILES string of the molecule is CC(=O)CCn1[nH]c(=O)c2cccnc2c1=O. The molecular formula is C11H11N3O3. The maximum atomic E-state index is 11.9. The van der Waals surface area contributed by atoms with E-state index >= 15 is 0 Å². The van der Waals surface area contributed by atoms with Crippen molar-refractivity contribution in [2.45, 2.75) is 19.9 Å². The van der Waals surface area contributed by atoms with Crippen molar-refractivity contribution in [1.82, 2.24) is 14.8 Å². The molecule has 0 atom stereocenters. The predicted molar refractivity (Wildman–Crippen MR) is 61.9 cm³/mol. The molecule has 6 heteroatoms. The maximum Gasteiger partial charge on any atom is 0.291 e. The fourth-order valence-electron chi connectivity index (χ4n) is 1.55. The molecule has 0 aromatic carbocycles. The first-order valence-corrected chi connectivity index (χ1v) is 5.17. The zero-order valence-corrected chi connectivity index (χ0v) is 9.27. The number of fused-ring (bicyclic) bond motifs is 1. The summed E-state index contributed by atoms with van der Waals surface area (Å²) >= 11 is 0. The van der Waals surface area contributed by atoms with Crippen molar-refractivity contribution in [2.24, 2.45) is 0 Å². The molecule has 0 unspecified atom stereocenters. The third kappa shape index (κ3) is 2.15. The lowest BCUT2D eigenvalue weighted by Crippen LogP contribution is -2.30. The highest BCUT2D eigenvalue weighted by molar-refractivity contribution is 5.76. The molecule has 2 aromatic rings. The molecule has 1 N–H and O–H groups in total. The summed E-state index contributed by atoms with van der Waals surface area (Å²) in [7, 11) is 0. The fraction of sp³-hybridized carbons (Fsp3) is 0.273. The summed E-state index contributed by atoms with van der Waals surface area (Å²) in [5.41, 5.74) is -0.641. The Morgan fingerprint density at radius 2 is 2.24 bits per heavy atom. The van der Waals surface area contributed by atoms with Crippen LogP contribution in [0.15, 0.2) is 27.9 Å². The zero-order chi connectivity index (χ0) is 12.4. The van der Waals surface area contributed by atoms with Gasteiger partial charge in [-0.25, -0.2) is 4.68 Å². The molecule has 2 rings (SSSR count). The molecule has 17 heavy (non-hydrogen) atoms. The van der Waals surface area contributed by atoms with E-state index in [9.17, 15) is 14.4 Å². The monoisotopic (exact) mass is 233 g/mol. The Hall–Kier alpha value is -2.24. The number of aromatic amines is 1. The number of nitrogens with one attached hydrogen (secondary N) is 1. The summed E-state index contributed by atoms with van der Waals surface area (Å²) in [5.74, 6) is -0.0427. The van der Waals surface area contributed by atoms with Gasteiger partial charge in [0, 0.05) is 19.2 Å². The van der Waals surface area contributed by atoms with E-state index in [1.54, 1.807) is 6.07 Å². The number of rotatable bonds is 3. The molecule has 2 aromatic heterocycles. The Labute approximate surface area is 95.9 Å². The van der Waals surface area contributed by atoms with Gasteiger partial charge in [-0.05, 0) is 19.1 Å². The van der Waals surface area contributed by atoms with Crippen LogP contribution >= 0.6 is 0 Å². The smallest absolute Gasteiger partial charge is 0.291 e. The van der Waals surface area contributed by atoms with Crippen molar-refractivity contribution in [3.8, 4) is 0 Å². The number of Topliss-reactive ketones (excluding diaryl/α,β-unsaturated/α-hetero) is 1. The Morgan fingerprint density at radius 1 is 1.47 bits per heavy atom. The predicted octanol–water partition coefficient (Wildman–Crippen LogP) is 0.0639.